The van der Waals surface area contributed by atoms with Gasteiger partial charge in [0, 0.05) is 26.2 Å². The Balaban J connectivity index is 2.70. The zero-order chi connectivity index (χ0) is 14.0. The number of urea groups is 1. The molecule has 0 aromatic heterocycles. The van der Waals surface area contributed by atoms with Crippen molar-refractivity contribution in [2.45, 2.75) is 33.2 Å². The van der Waals surface area contributed by atoms with Crippen LogP contribution in [0.4, 0.5) is 4.79 Å². The zero-order valence-corrected chi connectivity index (χ0v) is 11.5. The number of nitrogens with zero attached hydrogens (tertiary/aromatic N) is 1. The third-order valence-electron chi connectivity index (χ3n) is 3.92. The van der Waals surface area contributed by atoms with Gasteiger partial charge in [-0.15, -0.1) is 0 Å². The van der Waals surface area contributed by atoms with E-state index in [9.17, 15) is 14.7 Å². The molecule has 1 rings (SSSR count). The predicted octanol–water partition coefficient (Wildman–Crippen LogP) is 0.491. The molecule has 0 saturated carbocycles. The maximum Gasteiger partial charge on any atom is 0.317 e. The Morgan fingerprint density at radius 2 is 1.67 bits per heavy atom. The molecule has 3 N–H and O–H groups in total. The molecule has 0 aliphatic carbocycles. The lowest BCUT2D eigenvalue weighted by Gasteiger charge is -2.40. The van der Waals surface area contributed by atoms with Crippen LogP contribution >= 0.6 is 0 Å². The van der Waals surface area contributed by atoms with Crippen LogP contribution in [-0.2, 0) is 4.79 Å². The Morgan fingerprint density at radius 3 is 2.11 bits per heavy atom. The van der Waals surface area contributed by atoms with Crippen LogP contribution in [0.25, 0.3) is 0 Å². The van der Waals surface area contributed by atoms with Gasteiger partial charge in [0.1, 0.15) is 0 Å². The van der Waals surface area contributed by atoms with Gasteiger partial charge < -0.3 is 20.6 Å². The third-order valence-corrected chi connectivity index (χ3v) is 3.92. The summed E-state index contributed by atoms with van der Waals surface area (Å²) >= 11 is 0. The number of carbonyl (C=O) groups is 2. The highest BCUT2D eigenvalue weighted by molar-refractivity contribution is 5.79. The highest BCUT2D eigenvalue weighted by Gasteiger charge is 2.45. The predicted molar refractivity (Wildman–Crippen MR) is 68.5 cm³/mol. The molecular weight excluding hydrogens is 234 g/mol. The summed E-state index contributed by atoms with van der Waals surface area (Å²) in [5, 5.41) is 15.2. The summed E-state index contributed by atoms with van der Waals surface area (Å²) in [4.78, 5) is 25.0. The van der Waals surface area contributed by atoms with Gasteiger partial charge in [-0.25, -0.2) is 4.79 Å². The van der Waals surface area contributed by atoms with Gasteiger partial charge in [-0.3, -0.25) is 4.79 Å². The number of hydrogen-bond acceptors (Lipinski definition) is 3. The third kappa shape index (κ3) is 2.93. The van der Waals surface area contributed by atoms with Crippen LogP contribution in [0.2, 0.25) is 0 Å². The molecule has 1 fully saturated rings. The van der Waals surface area contributed by atoms with Crippen LogP contribution in [0.15, 0.2) is 0 Å². The Labute approximate surface area is 108 Å². The lowest BCUT2D eigenvalue weighted by molar-refractivity contribution is -0.150. The van der Waals surface area contributed by atoms with E-state index in [-0.39, 0.29) is 6.03 Å². The molecule has 0 unspecified atom stereocenters. The fourth-order valence-corrected chi connectivity index (χ4v) is 1.64. The van der Waals surface area contributed by atoms with Crippen LogP contribution < -0.4 is 10.6 Å². The van der Waals surface area contributed by atoms with Crippen molar-refractivity contribution in [3.63, 3.8) is 0 Å². The molecule has 0 aromatic rings. The van der Waals surface area contributed by atoms with E-state index in [0.29, 0.717) is 13.1 Å². The summed E-state index contributed by atoms with van der Waals surface area (Å²) in [5.41, 5.74) is -1.85. The molecule has 1 aliphatic heterocycles. The topological polar surface area (TPSA) is 81.7 Å². The average Bonchev–Trinajstić information content (AvgIpc) is 2.29. The first-order valence-electron chi connectivity index (χ1n) is 6.20. The van der Waals surface area contributed by atoms with Crippen molar-refractivity contribution in [3.8, 4) is 0 Å². The van der Waals surface area contributed by atoms with Crippen LogP contribution in [0.5, 0.6) is 0 Å². The summed E-state index contributed by atoms with van der Waals surface area (Å²) in [6, 6.07) is -0.198. The number of carboxylic acid groups (broad SMARTS) is 1. The number of rotatable bonds is 3. The maximum absolute atomic E-state index is 12.1. The summed E-state index contributed by atoms with van der Waals surface area (Å²) in [6.45, 7) is 9.56. The van der Waals surface area contributed by atoms with Gasteiger partial charge in [-0.05, 0) is 27.7 Å². The lowest BCUT2D eigenvalue weighted by Crippen LogP contribution is -2.61. The van der Waals surface area contributed by atoms with E-state index < -0.39 is 16.9 Å². The minimum Gasteiger partial charge on any atom is -0.481 e. The minimum atomic E-state index is -1.03. The number of carbonyl (C=O) groups excluding carboxylic acids is 1. The molecule has 2 amide bonds. The van der Waals surface area contributed by atoms with Crippen LogP contribution in [-0.4, -0.2) is 53.7 Å². The van der Waals surface area contributed by atoms with Crippen LogP contribution in [0.3, 0.4) is 0 Å². The summed E-state index contributed by atoms with van der Waals surface area (Å²) in [7, 11) is 0. The number of hydrogen-bond donors (Lipinski definition) is 3. The van der Waals surface area contributed by atoms with Crippen molar-refractivity contribution in [3.05, 3.63) is 0 Å². The quantitative estimate of drug-likeness (QED) is 0.687. The first-order chi connectivity index (χ1) is 8.18. The maximum atomic E-state index is 12.1. The largest absolute Gasteiger partial charge is 0.481 e. The van der Waals surface area contributed by atoms with Gasteiger partial charge in [0.15, 0.2) is 0 Å². The molecule has 0 aromatic carbocycles. The van der Waals surface area contributed by atoms with E-state index in [1.54, 1.807) is 32.6 Å². The minimum absolute atomic E-state index is 0.198. The molecular formula is C12H23N3O3. The number of amides is 2. The second kappa shape index (κ2) is 5.14. The summed E-state index contributed by atoms with van der Waals surface area (Å²) in [6.07, 6.45) is 0. The van der Waals surface area contributed by atoms with Crippen molar-refractivity contribution in [2.75, 3.05) is 26.2 Å². The van der Waals surface area contributed by atoms with Crippen LogP contribution in [0, 0.1) is 5.41 Å². The molecule has 6 nitrogen and oxygen atoms in total. The van der Waals surface area contributed by atoms with Gasteiger partial charge in [0.25, 0.3) is 0 Å². The van der Waals surface area contributed by atoms with Crippen molar-refractivity contribution in [1.29, 1.82) is 0 Å². The summed E-state index contributed by atoms with van der Waals surface area (Å²) < 4.78 is 0. The Kier molecular flexibility index (Phi) is 4.21. The molecule has 0 radical (unpaired) electrons. The normalized spacial score (nSPS) is 17.4. The molecule has 0 atom stereocenters. The molecule has 0 bridgehead atoms. The molecule has 104 valence electrons. The van der Waals surface area contributed by atoms with Gasteiger partial charge in [-0.1, -0.05) is 0 Å². The van der Waals surface area contributed by atoms with Crippen molar-refractivity contribution < 1.29 is 14.7 Å². The van der Waals surface area contributed by atoms with E-state index in [2.05, 4.69) is 10.6 Å². The fraction of sp³-hybridized carbons (Fsp3) is 0.833. The first-order valence-corrected chi connectivity index (χ1v) is 6.20. The number of nitrogens with one attached hydrogen (secondary N) is 2. The second-order valence-electron chi connectivity index (χ2n) is 5.72. The number of carboxylic acids is 1. The molecule has 1 aliphatic rings. The monoisotopic (exact) mass is 257 g/mol. The van der Waals surface area contributed by atoms with Gasteiger partial charge in [0.2, 0.25) is 0 Å². The van der Waals surface area contributed by atoms with Gasteiger partial charge in [0.05, 0.1) is 11.0 Å². The van der Waals surface area contributed by atoms with Gasteiger partial charge >= 0.3 is 12.0 Å². The summed E-state index contributed by atoms with van der Waals surface area (Å²) in [5.74, 6) is -0.923. The zero-order valence-electron chi connectivity index (χ0n) is 11.5. The molecule has 18 heavy (non-hydrogen) atoms. The Hall–Kier alpha value is -1.30. The van der Waals surface area contributed by atoms with E-state index in [4.69, 9.17) is 0 Å². The smallest absolute Gasteiger partial charge is 0.317 e. The Bertz CT molecular complexity index is 333. The second-order valence-corrected chi connectivity index (χ2v) is 5.72. The van der Waals surface area contributed by atoms with E-state index in [1.165, 1.54) is 0 Å². The standard InChI is InChI=1S/C12H23N3O3/c1-11(2,9(16)17)12(3,4)14-10(18)15-7-5-13-6-8-15/h13H,5-8H2,1-4H3,(H,14,18)(H,16,17). The lowest BCUT2D eigenvalue weighted by atomic mass is 9.74. The first kappa shape index (κ1) is 14.8. The fourth-order valence-electron chi connectivity index (χ4n) is 1.64. The molecule has 6 heteroatoms. The molecule has 0 spiro atoms. The highest BCUT2D eigenvalue weighted by Crippen LogP contribution is 2.30. The van der Waals surface area contributed by atoms with Crippen molar-refractivity contribution >= 4 is 12.0 Å². The SMILES string of the molecule is CC(C)(NC(=O)N1CCNCC1)C(C)(C)C(=O)O. The van der Waals surface area contributed by atoms with E-state index in [0.717, 1.165) is 13.1 Å². The van der Waals surface area contributed by atoms with Crippen molar-refractivity contribution in [2.24, 2.45) is 5.41 Å². The van der Waals surface area contributed by atoms with Gasteiger partial charge in [-0.2, -0.15) is 0 Å². The number of aliphatic carboxylic acids is 1. The van der Waals surface area contributed by atoms with E-state index >= 15 is 0 Å². The average molecular weight is 257 g/mol. The van der Waals surface area contributed by atoms with Crippen LogP contribution in [0.1, 0.15) is 27.7 Å². The Morgan fingerprint density at radius 1 is 1.17 bits per heavy atom. The molecule has 1 saturated heterocycles. The van der Waals surface area contributed by atoms with Crippen molar-refractivity contribution in [1.82, 2.24) is 15.5 Å². The van der Waals surface area contributed by atoms with E-state index in [1.807, 2.05) is 0 Å². The highest BCUT2D eigenvalue weighted by atomic mass is 16.4. The molecule has 1 heterocycles. The number of piperazine rings is 1.